The summed E-state index contributed by atoms with van der Waals surface area (Å²) < 4.78 is 22.4. The van der Waals surface area contributed by atoms with Gasteiger partial charge in [0.05, 0.1) is 25.6 Å². The van der Waals surface area contributed by atoms with Crippen molar-refractivity contribution < 1.29 is 23.3 Å². The maximum atomic E-state index is 12.3. The minimum absolute atomic E-state index is 0.0854. The van der Waals surface area contributed by atoms with E-state index < -0.39 is 13.9 Å². The van der Waals surface area contributed by atoms with Crippen LogP contribution in [0.25, 0.3) is 11.2 Å². The fourth-order valence-electron chi connectivity index (χ4n) is 2.48. The number of H-pyrrole nitrogens is 1. The van der Waals surface area contributed by atoms with Crippen LogP contribution in [0.5, 0.6) is 0 Å². The van der Waals surface area contributed by atoms with Crippen molar-refractivity contribution in [2.24, 2.45) is 5.92 Å². The first-order chi connectivity index (χ1) is 14.8. The zero-order chi connectivity index (χ0) is 23.4. The van der Waals surface area contributed by atoms with E-state index >= 15 is 0 Å². The molecule has 0 aliphatic carbocycles. The number of rotatable bonds is 11. The Morgan fingerprint density at radius 3 is 2.45 bits per heavy atom. The minimum atomic E-state index is -0.935. The van der Waals surface area contributed by atoms with E-state index in [0.717, 1.165) is 6.42 Å². The Hall–Kier alpha value is -1.91. The smallest absolute Gasteiger partial charge is 0.280 e. The fourth-order valence-corrected chi connectivity index (χ4v) is 3.25. The number of fused-ring (bicyclic) bond motifs is 1. The van der Waals surface area contributed by atoms with Crippen molar-refractivity contribution in [3.05, 3.63) is 16.7 Å². The molecule has 2 rings (SSSR count). The lowest BCUT2D eigenvalue weighted by atomic mass is 10.2. The quantitative estimate of drug-likeness (QED) is 0.490. The first kappa shape index (κ1) is 27.1. The Kier molecular flexibility index (Phi) is 12.4. The van der Waals surface area contributed by atoms with Crippen LogP contribution in [0.1, 0.15) is 27.2 Å². The number of methoxy groups -OCH3 is 1. The zero-order valence-electron chi connectivity index (χ0n) is 19.3. The molecule has 2 heterocycles. The van der Waals surface area contributed by atoms with Crippen LogP contribution in [-0.2, 0) is 29.9 Å². The fraction of sp³-hybridized carbons (Fsp3) is 0.684. The van der Waals surface area contributed by atoms with Crippen LogP contribution in [0.2, 0.25) is 0 Å². The number of carbonyl (C=O) groups excluding carboxylic acids is 1. The molecule has 2 aromatic rings. The number of aromatic nitrogens is 4. The molecule has 31 heavy (non-hydrogen) atoms. The highest BCUT2D eigenvalue weighted by Crippen LogP contribution is 2.35. The van der Waals surface area contributed by atoms with Crippen molar-refractivity contribution in [1.82, 2.24) is 19.5 Å². The third kappa shape index (κ3) is 8.62. The highest BCUT2D eigenvalue weighted by atomic mass is 31.2. The number of nitrogens with zero attached hydrogens (tertiary/aromatic N) is 3. The van der Waals surface area contributed by atoms with Crippen molar-refractivity contribution in [1.29, 1.82) is 0 Å². The van der Waals surface area contributed by atoms with Crippen molar-refractivity contribution in [2.45, 2.75) is 39.8 Å². The first-order valence-corrected chi connectivity index (χ1v) is 11.3. The maximum Gasteiger partial charge on any atom is 0.280 e. The first-order valence-electron chi connectivity index (χ1n) is 9.94. The standard InChI is InChI=1S/C17H28N5O5P.C2H6O/c1-6-12(27-7-8-28(25-4)26-5)9-22-10-18-13-14(22)19-17(21-16(13)24)20-15(23)11(2)3;1-3-2/h10-12H,6-9H2,1-5H3,(H2,19,20,21,23,24);1-2H3. The molecule has 12 heteroatoms. The van der Waals surface area contributed by atoms with E-state index in [1.54, 1.807) is 53.2 Å². The molecular formula is C19H34N5O6P. The number of hydrogen-bond acceptors (Lipinski definition) is 8. The van der Waals surface area contributed by atoms with Crippen molar-refractivity contribution in [3.8, 4) is 0 Å². The molecule has 176 valence electrons. The molecule has 0 aromatic carbocycles. The van der Waals surface area contributed by atoms with Crippen LogP contribution >= 0.6 is 8.38 Å². The second-order valence-corrected chi connectivity index (χ2v) is 8.70. The van der Waals surface area contributed by atoms with Crippen LogP contribution in [0.15, 0.2) is 11.1 Å². The van der Waals surface area contributed by atoms with E-state index in [1.165, 1.54) is 0 Å². The van der Waals surface area contributed by atoms with Gasteiger partial charge < -0.3 is 23.1 Å². The van der Waals surface area contributed by atoms with E-state index in [4.69, 9.17) is 13.8 Å². The van der Waals surface area contributed by atoms with Gasteiger partial charge in [0, 0.05) is 40.5 Å². The molecule has 11 nitrogen and oxygen atoms in total. The summed E-state index contributed by atoms with van der Waals surface area (Å²) in [5.41, 5.74) is 0.225. The van der Waals surface area contributed by atoms with Gasteiger partial charge in [0.2, 0.25) is 11.9 Å². The largest absolute Gasteiger partial charge is 0.388 e. The molecule has 0 spiro atoms. The number of ether oxygens (including phenoxy) is 2. The van der Waals surface area contributed by atoms with Crippen LogP contribution in [0.4, 0.5) is 5.95 Å². The number of anilines is 1. The molecule has 1 amide bonds. The number of carbonyl (C=O) groups is 1. The van der Waals surface area contributed by atoms with Crippen LogP contribution in [-0.4, -0.2) is 72.7 Å². The molecular weight excluding hydrogens is 425 g/mol. The second-order valence-electron chi connectivity index (χ2n) is 6.86. The van der Waals surface area contributed by atoms with Gasteiger partial charge in [0.15, 0.2) is 19.5 Å². The summed E-state index contributed by atoms with van der Waals surface area (Å²) in [5, 5.41) is 2.61. The summed E-state index contributed by atoms with van der Waals surface area (Å²) in [6.07, 6.45) is 2.92. The van der Waals surface area contributed by atoms with Crippen molar-refractivity contribution in [3.63, 3.8) is 0 Å². The SMILES string of the molecule is CCC(Cn1cnc2c(=O)[nH]c(NC(=O)C(C)C)nc21)OCCP(OC)OC.COC. The molecule has 0 bridgehead atoms. The lowest BCUT2D eigenvalue weighted by molar-refractivity contribution is -0.118. The van der Waals surface area contributed by atoms with Gasteiger partial charge in [-0.2, -0.15) is 4.98 Å². The summed E-state index contributed by atoms with van der Waals surface area (Å²) in [5.74, 6) is -0.345. The molecule has 1 atom stereocenters. The van der Waals surface area contributed by atoms with Gasteiger partial charge in [0.1, 0.15) is 0 Å². The summed E-state index contributed by atoms with van der Waals surface area (Å²) >= 11 is 0. The summed E-state index contributed by atoms with van der Waals surface area (Å²) in [4.78, 5) is 35.2. The van der Waals surface area contributed by atoms with Crippen molar-refractivity contribution >= 4 is 31.4 Å². The van der Waals surface area contributed by atoms with E-state index in [1.807, 2.05) is 6.92 Å². The van der Waals surface area contributed by atoms with Gasteiger partial charge in [-0.1, -0.05) is 20.8 Å². The van der Waals surface area contributed by atoms with Gasteiger partial charge in [-0.15, -0.1) is 0 Å². The van der Waals surface area contributed by atoms with Crippen LogP contribution in [0, 0.1) is 5.92 Å². The summed E-state index contributed by atoms with van der Waals surface area (Å²) in [6, 6.07) is 0. The van der Waals surface area contributed by atoms with Crippen LogP contribution in [0.3, 0.4) is 0 Å². The maximum absolute atomic E-state index is 12.3. The predicted molar refractivity (Wildman–Crippen MR) is 120 cm³/mol. The van der Waals surface area contributed by atoms with E-state index in [9.17, 15) is 9.59 Å². The molecule has 0 aliphatic rings. The van der Waals surface area contributed by atoms with E-state index in [2.05, 4.69) is 25.0 Å². The number of aromatic amines is 1. The third-order valence-corrected chi connectivity index (χ3v) is 5.49. The van der Waals surface area contributed by atoms with E-state index in [0.29, 0.717) is 25.0 Å². The normalized spacial score (nSPS) is 12.2. The second kappa shape index (κ2) is 14.2. The van der Waals surface area contributed by atoms with E-state index in [-0.39, 0.29) is 29.4 Å². The molecule has 0 fully saturated rings. The van der Waals surface area contributed by atoms with Gasteiger partial charge in [0.25, 0.3) is 5.56 Å². The Bertz CT molecular complexity index is 852. The van der Waals surface area contributed by atoms with Crippen molar-refractivity contribution in [2.75, 3.05) is 46.5 Å². The zero-order valence-corrected chi connectivity index (χ0v) is 20.2. The summed E-state index contributed by atoms with van der Waals surface area (Å²) in [6.45, 7) is 6.53. The minimum Gasteiger partial charge on any atom is -0.388 e. The number of amides is 1. The molecule has 2 aromatic heterocycles. The molecule has 0 saturated carbocycles. The highest BCUT2D eigenvalue weighted by Gasteiger charge is 2.16. The molecule has 1 unspecified atom stereocenters. The number of nitrogens with one attached hydrogen (secondary N) is 2. The summed E-state index contributed by atoms with van der Waals surface area (Å²) in [7, 11) is 5.54. The van der Waals surface area contributed by atoms with Gasteiger partial charge in [-0.3, -0.25) is 19.9 Å². The number of imidazole rings is 1. The lowest BCUT2D eigenvalue weighted by Crippen LogP contribution is -2.23. The average Bonchev–Trinajstić information content (AvgIpc) is 3.14. The van der Waals surface area contributed by atoms with Crippen LogP contribution < -0.4 is 10.9 Å². The van der Waals surface area contributed by atoms with Gasteiger partial charge in [-0.25, -0.2) is 4.98 Å². The molecule has 0 radical (unpaired) electrons. The number of hydrogen-bond donors (Lipinski definition) is 2. The molecule has 0 aliphatic heterocycles. The monoisotopic (exact) mass is 459 g/mol. The Balaban J connectivity index is 0.00000151. The topological polar surface area (TPSA) is 130 Å². The highest BCUT2D eigenvalue weighted by molar-refractivity contribution is 7.47. The third-order valence-electron chi connectivity index (χ3n) is 4.13. The Morgan fingerprint density at radius 2 is 1.90 bits per heavy atom. The van der Waals surface area contributed by atoms with Gasteiger partial charge in [-0.05, 0) is 6.42 Å². The Labute approximate surface area is 183 Å². The molecule has 0 saturated heterocycles. The lowest BCUT2D eigenvalue weighted by Gasteiger charge is -2.18. The molecule has 2 N–H and O–H groups in total. The van der Waals surface area contributed by atoms with Gasteiger partial charge >= 0.3 is 0 Å². The average molecular weight is 459 g/mol. The predicted octanol–water partition coefficient (Wildman–Crippen LogP) is 2.38. The Morgan fingerprint density at radius 1 is 1.26 bits per heavy atom.